The van der Waals surface area contributed by atoms with Gasteiger partial charge in [0.25, 0.3) is 5.91 Å². The Labute approximate surface area is 165 Å². The Balaban J connectivity index is 1.46. The number of nitrogens with zero attached hydrogens (tertiary/aromatic N) is 1. The van der Waals surface area contributed by atoms with Gasteiger partial charge in [-0.2, -0.15) is 0 Å². The van der Waals surface area contributed by atoms with Crippen molar-refractivity contribution >= 4 is 44.3 Å². The summed E-state index contributed by atoms with van der Waals surface area (Å²) in [6.45, 7) is 2.62. The first-order chi connectivity index (χ1) is 13.4. The normalized spacial score (nSPS) is 10.5. The Morgan fingerprint density at radius 2 is 1.93 bits per heavy atom. The summed E-state index contributed by atoms with van der Waals surface area (Å²) in [4.78, 5) is 39.4. The largest absolute Gasteiger partial charge is 0.482 e. The van der Waals surface area contributed by atoms with E-state index in [1.54, 1.807) is 18.2 Å². The van der Waals surface area contributed by atoms with E-state index in [0.29, 0.717) is 16.4 Å². The maximum absolute atomic E-state index is 12.0. The Morgan fingerprint density at radius 3 is 2.71 bits per heavy atom. The van der Waals surface area contributed by atoms with E-state index in [-0.39, 0.29) is 12.4 Å². The van der Waals surface area contributed by atoms with E-state index in [0.717, 1.165) is 15.8 Å². The summed E-state index contributed by atoms with van der Waals surface area (Å²) in [6.07, 6.45) is 0. The summed E-state index contributed by atoms with van der Waals surface area (Å²) in [5.41, 5.74) is 2.39. The number of ketones is 1. The van der Waals surface area contributed by atoms with Crippen molar-refractivity contribution in [2.24, 2.45) is 0 Å². The van der Waals surface area contributed by atoms with Crippen molar-refractivity contribution in [2.45, 2.75) is 13.8 Å². The second-order valence-electron chi connectivity index (χ2n) is 6.07. The molecule has 1 amide bonds. The summed E-state index contributed by atoms with van der Waals surface area (Å²) in [6, 6.07) is 12.3. The Bertz CT molecular complexity index is 1040. The van der Waals surface area contributed by atoms with Crippen LogP contribution in [0.25, 0.3) is 10.2 Å². The van der Waals surface area contributed by atoms with Crippen molar-refractivity contribution in [3.05, 3.63) is 53.6 Å². The zero-order valence-electron chi connectivity index (χ0n) is 15.4. The maximum Gasteiger partial charge on any atom is 0.344 e. The van der Waals surface area contributed by atoms with E-state index in [1.165, 1.54) is 24.3 Å². The molecule has 0 atom stereocenters. The van der Waals surface area contributed by atoms with Gasteiger partial charge in [-0.05, 0) is 43.7 Å². The highest BCUT2D eigenvalue weighted by molar-refractivity contribution is 7.22. The first kappa shape index (κ1) is 19.5. The van der Waals surface area contributed by atoms with Gasteiger partial charge in [0.15, 0.2) is 24.1 Å². The number of thiazole rings is 1. The third-order valence-electron chi connectivity index (χ3n) is 3.75. The summed E-state index contributed by atoms with van der Waals surface area (Å²) >= 11 is 1.35. The zero-order chi connectivity index (χ0) is 20.1. The average Bonchev–Trinajstić information content (AvgIpc) is 3.06. The number of nitrogens with one attached hydrogen (secondary N) is 1. The summed E-state index contributed by atoms with van der Waals surface area (Å²) < 4.78 is 11.2. The number of Topliss-reactive ketones (excluding diaryl/α,β-unsaturated/α-hetero) is 1. The molecule has 1 heterocycles. The van der Waals surface area contributed by atoms with Crippen LogP contribution in [0.15, 0.2) is 42.5 Å². The molecule has 8 heteroatoms. The highest BCUT2D eigenvalue weighted by atomic mass is 32.1. The van der Waals surface area contributed by atoms with Crippen molar-refractivity contribution in [2.75, 3.05) is 18.5 Å². The average molecular weight is 398 g/mol. The molecule has 0 aliphatic carbocycles. The number of hydrogen-bond acceptors (Lipinski definition) is 7. The number of esters is 1. The first-order valence-electron chi connectivity index (χ1n) is 8.47. The van der Waals surface area contributed by atoms with E-state index >= 15 is 0 Å². The van der Waals surface area contributed by atoms with Gasteiger partial charge in [0.05, 0.1) is 10.2 Å². The van der Waals surface area contributed by atoms with Crippen LogP contribution in [0.1, 0.15) is 22.8 Å². The second-order valence-corrected chi connectivity index (χ2v) is 7.10. The first-order valence-corrected chi connectivity index (χ1v) is 9.29. The molecule has 7 nitrogen and oxygen atoms in total. The zero-order valence-corrected chi connectivity index (χ0v) is 16.2. The fourth-order valence-electron chi connectivity index (χ4n) is 2.38. The predicted molar refractivity (Wildman–Crippen MR) is 106 cm³/mol. The number of aromatic nitrogens is 1. The predicted octanol–water partition coefficient (Wildman–Crippen LogP) is 3.37. The smallest absolute Gasteiger partial charge is 0.344 e. The van der Waals surface area contributed by atoms with Gasteiger partial charge >= 0.3 is 5.97 Å². The standard InChI is InChI=1S/C20H18N2O5S/c1-12-6-7-16-17(8-12)28-20(21-16)22-18(24)10-27-19(25)11-26-15-5-3-4-14(9-15)13(2)23/h3-9H,10-11H2,1-2H3,(H,21,22,24). The molecule has 0 aliphatic heterocycles. The van der Waals surface area contributed by atoms with E-state index in [9.17, 15) is 14.4 Å². The van der Waals surface area contributed by atoms with Gasteiger partial charge in [0.2, 0.25) is 0 Å². The molecule has 0 saturated carbocycles. The van der Waals surface area contributed by atoms with Gasteiger partial charge in [-0.3, -0.25) is 14.9 Å². The molecule has 0 radical (unpaired) electrons. The van der Waals surface area contributed by atoms with Crippen LogP contribution in [0.3, 0.4) is 0 Å². The van der Waals surface area contributed by atoms with Crippen LogP contribution < -0.4 is 10.1 Å². The molecule has 3 aromatic rings. The number of ether oxygens (including phenoxy) is 2. The molecule has 0 unspecified atom stereocenters. The van der Waals surface area contributed by atoms with Gasteiger partial charge in [0.1, 0.15) is 5.75 Å². The molecular formula is C20H18N2O5S. The highest BCUT2D eigenvalue weighted by Crippen LogP contribution is 2.26. The van der Waals surface area contributed by atoms with Crippen molar-refractivity contribution in [3.63, 3.8) is 0 Å². The quantitative estimate of drug-likeness (QED) is 0.484. The van der Waals surface area contributed by atoms with Crippen molar-refractivity contribution in [3.8, 4) is 5.75 Å². The monoisotopic (exact) mass is 398 g/mol. The van der Waals surface area contributed by atoms with Crippen molar-refractivity contribution in [1.82, 2.24) is 4.98 Å². The number of fused-ring (bicyclic) bond motifs is 1. The summed E-state index contributed by atoms with van der Waals surface area (Å²) in [5, 5.41) is 3.06. The molecule has 1 N–H and O–H groups in total. The SMILES string of the molecule is CC(=O)c1cccc(OCC(=O)OCC(=O)Nc2nc3ccc(C)cc3s2)c1. The minimum atomic E-state index is -0.691. The topological polar surface area (TPSA) is 94.6 Å². The highest BCUT2D eigenvalue weighted by Gasteiger charge is 2.12. The van der Waals surface area contributed by atoms with Gasteiger partial charge in [0, 0.05) is 5.56 Å². The summed E-state index contributed by atoms with van der Waals surface area (Å²) in [7, 11) is 0. The third-order valence-corrected chi connectivity index (χ3v) is 4.69. The molecule has 0 fully saturated rings. The second kappa shape index (κ2) is 8.62. The molecule has 1 aromatic heterocycles. The van der Waals surface area contributed by atoms with Crippen molar-refractivity contribution < 1.29 is 23.9 Å². The molecule has 0 spiro atoms. The van der Waals surface area contributed by atoms with Gasteiger partial charge in [-0.1, -0.05) is 29.5 Å². The third kappa shape index (κ3) is 5.14. The lowest BCUT2D eigenvalue weighted by Crippen LogP contribution is -2.23. The number of anilines is 1. The van der Waals surface area contributed by atoms with E-state index in [1.807, 2.05) is 25.1 Å². The van der Waals surface area contributed by atoms with Gasteiger partial charge < -0.3 is 9.47 Å². The van der Waals surface area contributed by atoms with Crippen LogP contribution in [0.4, 0.5) is 5.13 Å². The molecule has 0 aliphatic rings. The van der Waals surface area contributed by atoms with Crippen molar-refractivity contribution in [1.29, 1.82) is 0 Å². The summed E-state index contributed by atoms with van der Waals surface area (Å²) in [5.74, 6) is -0.903. The van der Waals surface area contributed by atoms with Crippen LogP contribution in [0, 0.1) is 6.92 Å². The van der Waals surface area contributed by atoms with Crippen LogP contribution in [0.5, 0.6) is 5.75 Å². The number of aryl methyl sites for hydroxylation is 1. The lowest BCUT2D eigenvalue weighted by atomic mass is 10.1. The van der Waals surface area contributed by atoms with E-state index in [2.05, 4.69) is 10.3 Å². The molecule has 2 aromatic carbocycles. The minimum Gasteiger partial charge on any atom is -0.482 e. The number of benzene rings is 2. The fourth-order valence-corrected chi connectivity index (χ4v) is 3.36. The lowest BCUT2D eigenvalue weighted by molar-refractivity contribution is -0.149. The van der Waals surface area contributed by atoms with Crippen LogP contribution >= 0.6 is 11.3 Å². The molecule has 144 valence electrons. The number of carbonyl (C=O) groups excluding carboxylic acids is 3. The van der Waals surface area contributed by atoms with Gasteiger partial charge in [-0.25, -0.2) is 9.78 Å². The Kier molecular flexibility index (Phi) is 6.00. The lowest BCUT2D eigenvalue weighted by Gasteiger charge is -2.07. The molecule has 3 rings (SSSR count). The Hall–Kier alpha value is -3.26. The Morgan fingerprint density at radius 1 is 1.11 bits per heavy atom. The maximum atomic E-state index is 12.0. The minimum absolute atomic E-state index is 0.102. The van der Waals surface area contributed by atoms with Crippen LogP contribution in [-0.2, 0) is 14.3 Å². The van der Waals surface area contributed by atoms with Gasteiger partial charge in [-0.15, -0.1) is 0 Å². The number of carbonyl (C=O) groups is 3. The number of hydrogen-bond donors (Lipinski definition) is 1. The molecule has 0 saturated heterocycles. The van der Waals surface area contributed by atoms with E-state index in [4.69, 9.17) is 9.47 Å². The van der Waals surface area contributed by atoms with E-state index < -0.39 is 18.5 Å². The molecular weight excluding hydrogens is 380 g/mol. The molecule has 0 bridgehead atoms. The number of amides is 1. The molecule has 28 heavy (non-hydrogen) atoms. The van der Waals surface area contributed by atoms with Crippen LogP contribution in [-0.4, -0.2) is 35.9 Å². The fraction of sp³-hybridized carbons (Fsp3) is 0.200. The van der Waals surface area contributed by atoms with Crippen LogP contribution in [0.2, 0.25) is 0 Å². The number of rotatable bonds is 7.